The molecular weight excluding hydrogens is 266 g/mol. The minimum atomic E-state index is -0.160. The van der Waals surface area contributed by atoms with E-state index < -0.39 is 0 Å². The van der Waals surface area contributed by atoms with Crippen LogP contribution in [0.5, 0.6) is 5.88 Å². The standard InChI is InChI=1S/C12H16ClN5O/c1-4-18-12(8(13)6-17-18)11(14-2)9-5-10(19-3)16-7-15-9/h5-7,11,14H,4H2,1-3H3. The zero-order valence-electron chi connectivity index (χ0n) is 11.1. The molecule has 0 saturated carbocycles. The van der Waals surface area contributed by atoms with Gasteiger partial charge in [-0.05, 0) is 14.0 Å². The van der Waals surface area contributed by atoms with Gasteiger partial charge in [0.05, 0.1) is 35.8 Å². The highest BCUT2D eigenvalue weighted by Gasteiger charge is 2.22. The van der Waals surface area contributed by atoms with Gasteiger partial charge in [-0.15, -0.1) is 0 Å². The van der Waals surface area contributed by atoms with Gasteiger partial charge in [0.25, 0.3) is 0 Å². The van der Waals surface area contributed by atoms with Crippen molar-refractivity contribution < 1.29 is 4.74 Å². The predicted molar refractivity (Wildman–Crippen MR) is 72.4 cm³/mol. The molecule has 0 aromatic carbocycles. The number of hydrogen-bond donors (Lipinski definition) is 1. The fourth-order valence-electron chi connectivity index (χ4n) is 1.96. The van der Waals surface area contributed by atoms with Crippen molar-refractivity contribution in [2.45, 2.75) is 19.5 Å². The first-order valence-electron chi connectivity index (χ1n) is 5.95. The van der Waals surface area contributed by atoms with Gasteiger partial charge in [0, 0.05) is 12.6 Å². The van der Waals surface area contributed by atoms with Gasteiger partial charge in [-0.2, -0.15) is 5.10 Å². The lowest BCUT2D eigenvalue weighted by molar-refractivity contribution is 0.394. The first-order valence-corrected chi connectivity index (χ1v) is 6.33. The molecule has 1 N–H and O–H groups in total. The Balaban J connectivity index is 2.46. The van der Waals surface area contributed by atoms with Crippen molar-refractivity contribution in [2.24, 2.45) is 0 Å². The van der Waals surface area contributed by atoms with Crippen molar-refractivity contribution in [2.75, 3.05) is 14.2 Å². The number of aryl methyl sites for hydroxylation is 1. The van der Waals surface area contributed by atoms with Crippen molar-refractivity contribution >= 4 is 11.6 Å². The molecule has 0 aliphatic carbocycles. The molecule has 2 aromatic rings. The average Bonchev–Trinajstić information content (AvgIpc) is 2.82. The molecular formula is C12H16ClN5O. The maximum Gasteiger partial charge on any atom is 0.216 e. The monoisotopic (exact) mass is 281 g/mol. The van der Waals surface area contributed by atoms with E-state index in [0.29, 0.717) is 10.9 Å². The van der Waals surface area contributed by atoms with E-state index in [9.17, 15) is 0 Å². The maximum atomic E-state index is 6.22. The van der Waals surface area contributed by atoms with Crippen LogP contribution >= 0.6 is 11.6 Å². The number of hydrogen-bond acceptors (Lipinski definition) is 5. The molecule has 102 valence electrons. The zero-order chi connectivity index (χ0) is 13.8. The molecule has 0 saturated heterocycles. The van der Waals surface area contributed by atoms with Crippen LogP contribution in [0.2, 0.25) is 5.02 Å². The molecule has 2 aromatic heterocycles. The number of rotatable bonds is 5. The summed E-state index contributed by atoms with van der Waals surface area (Å²) in [6, 6.07) is 1.62. The van der Waals surface area contributed by atoms with Gasteiger partial charge in [0.15, 0.2) is 0 Å². The fourth-order valence-corrected chi connectivity index (χ4v) is 2.21. The summed E-state index contributed by atoms with van der Waals surface area (Å²) in [5, 5.41) is 8.05. The Labute approximate surface area is 116 Å². The molecule has 1 unspecified atom stereocenters. The minimum absolute atomic E-state index is 0.160. The molecule has 0 amide bonds. The Morgan fingerprint density at radius 3 is 2.89 bits per heavy atom. The Bertz CT molecular complexity index is 557. The molecule has 0 bridgehead atoms. The van der Waals surface area contributed by atoms with E-state index in [1.54, 1.807) is 19.4 Å². The number of aromatic nitrogens is 4. The van der Waals surface area contributed by atoms with E-state index in [2.05, 4.69) is 20.4 Å². The number of nitrogens with one attached hydrogen (secondary N) is 1. The van der Waals surface area contributed by atoms with Crippen LogP contribution in [0.3, 0.4) is 0 Å². The summed E-state index contributed by atoms with van der Waals surface area (Å²) in [4.78, 5) is 8.28. The highest BCUT2D eigenvalue weighted by Crippen LogP contribution is 2.27. The quantitative estimate of drug-likeness (QED) is 0.903. The molecule has 0 aliphatic rings. The van der Waals surface area contributed by atoms with Gasteiger partial charge in [0.1, 0.15) is 6.33 Å². The van der Waals surface area contributed by atoms with Crippen molar-refractivity contribution in [3.05, 3.63) is 35.0 Å². The molecule has 0 aliphatic heterocycles. The van der Waals surface area contributed by atoms with E-state index >= 15 is 0 Å². The fraction of sp³-hybridized carbons (Fsp3) is 0.417. The van der Waals surface area contributed by atoms with Crippen molar-refractivity contribution in [3.63, 3.8) is 0 Å². The number of halogens is 1. The molecule has 2 heterocycles. The van der Waals surface area contributed by atoms with Crippen LogP contribution in [0.1, 0.15) is 24.4 Å². The highest BCUT2D eigenvalue weighted by atomic mass is 35.5. The molecule has 19 heavy (non-hydrogen) atoms. The van der Waals surface area contributed by atoms with Crippen LogP contribution in [0.15, 0.2) is 18.6 Å². The number of nitrogens with zero attached hydrogens (tertiary/aromatic N) is 4. The number of methoxy groups -OCH3 is 1. The van der Waals surface area contributed by atoms with E-state index in [-0.39, 0.29) is 6.04 Å². The summed E-state index contributed by atoms with van der Waals surface area (Å²) >= 11 is 6.22. The average molecular weight is 282 g/mol. The molecule has 1 atom stereocenters. The lowest BCUT2D eigenvalue weighted by atomic mass is 10.1. The van der Waals surface area contributed by atoms with Crippen LogP contribution < -0.4 is 10.1 Å². The Morgan fingerprint density at radius 1 is 1.47 bits per heavy atom. The first kappa shape index (κ1) is 13.8. The van der Waals surface area contributed by atoms with E-state index in [1.165, 1.54) is 6.33 Å². The SMILES string of the molecule is CCn1ncc(Cl)c1C(NC)c1cc(OC)ncn1. The minimum Gasteiger partial charge on any atom is -0.481 e. The lowest BCUT2D eigenvalue weighted by Gasteiger charge is -2.17. The summed E-state index contributed by atoms with van der Waals surface area (Å²) < 4.78 is 6.96. The van der Waals surface area contributed by atoms with Crippen molar-refractivity contribution in [3.8, 4) is 5.88 Å². The molecule has 7 heteroatoms. The molecule has 2 rings (SSSR count). The summed E-state index contributed by atoms with van der Waals surface area (Å²) in [7, 11) is 3.42. The molecule has 0 fully saturated rings. The largest absolute Gasteiger partial charge is 0.481 e. The predicted octanol–water partition coefficient (Wildman–Crippen LogP) is 1.66. The van der Waals surface area contributed by atoms with Gasteiger partial charge in [-0.3, -0.25) is 4.68 Å². The van der Waals surface area contributed by atoms with Gasteiger partial charge in [-0.1, -0.05) is 11.6 Å². The summed E-state index contributed by atoms with van der Waals surface area (Å²) in [5.74, 6) is 0.518. The number of ether oxygens (including phenoxy) is 1. The second-order valence-corrected chi connectivity index (χ2v) is 4.31. The third kappa shape index (κ3) is 2.69. The van der Waals surface area contributed by atoms with Crippen LogP contribution in [0.25, 0.3) is 0 Å². The van der Waals surface area contributed by atoms with E-state index in [4.69, 9.17) is 16.3 Å². The first-order chi connectivity index (χ1) is 9.21. The maximum absolute atomic E-state index is 6.22. The highest BCUT2D eigenvalue weighted by molar-refractivity contribution is 6.31. The summed E-state index contributed by atoms with van der Waals surface area (Å²) in [6.45, 7) is 2.75. The molecule has 6 nitrogen and oxygen atoms in total. The van der Waals surface area contributed by atoms with Crippen LogP contribution in [-0.2, 0) is 6.54 Å². The van der Waals surface area contributed by atoms with Crippen LogP contribution in [-0.4, -0.2) is 33.9 Å². The van der Waals surface area contributed by atoms with Crippen LogP contribution in [0, 0.1) is 0 Å². The Morgan fingerprint density at radius 2 is 2.26 bits per heavy atom. The van der Waals surface area contributed by atoms with Gasteiger partial charge >= 0.3 is 0 Å². The molecule has 0 radical (unpaired) electrons. The topological polar surface area (TPSA) is 64.9 Å². The van der Waals surface area contributed by atoms with Gasteiger partial charge in [0.2, 0.25) is 5.88 Å². The second kappa shape index (κ2) is 5.99. The Kier molecular flexibility index (Phi) is 4.34. The van der Waals surface area contributed by atoms with E-state index in [1.807, 2.05) is 18.7 Å². The summed E-state index contributed by atoms with van der Waals surface area (Å²) in [5.41, 5.74) is 1.67. The smallest absolute Gasteiger partial charge is 0.216 e. The molecule has 0 spiro atoms. The normalized spacial score (nSPS) is 12.4. The van der Waals surface area contributed by atoms with E-state index in [0.717, 1.165) is 17.9 Å². The third-order valence-electron chi connectivity index (χ3n) is 2.86. The van der Waals surface area contributed by atoms with Gasteiger partial charge in [-0.25, -0.2) is 9.97 Å². The summed E-state index contributed by atoms with van der Waals surface area (Å²) in [6.07, 6.45) is 3.11. The zero-order valence-corrected chi connectivity index (χ0v) is 11.8. The van der Waals surface area contributed by atoms with Gasteiger partial charge < -0.3 is 10.1 Å². The Hall–Kier alpha value is -1.66. The van der Waals surface area contributed by atoms with Crippen molar-refractivity contribution in [1.29, 1.82) is 0 Å². The van der Waals surface area contributed by atoms with Crippen LogP contribution in [0.4, 0.5) is 0 Å². The second-order valence-electron chi connectivity index (χ2n) is 3.90. The van der Waals surface area contributed by atoms with Crippen molar-refractivity contribution in [1.82, 2.24) is 25.1 Å². The lowest BCUT2D eigenvalue weighted by Crippen LogP contribution is -2.23. The third-order valence-corrected chi connectivity index (χ3v) is 3.15.